The van der Waals surface area contributed by atoms with Crippen molar-refractivity contribution in [3.63, 3.8) is 0 Å². The number of guanidine groups is 1. The van der Waals surface area contributed by atoms with Crippen molar-refractivity contribution in [2.75, 3.05) is 39.9 Å². The fraction of sp³-hybridized carbons (Fsp3) is 0.579. The third-order valence-electron chi connectivity index (χ3n) is 4.27. The van der Waals surface area contributed by atoms with E-state index in [0.29, 0.717) is 13.2 Å². The lowest BCUT2D eigenvalue weighted by Gasteiger charge is -2.26. The molecule has 2 N–H and O–H groups in total. The minimum Gasteiger partial charge on any atom is -0.380 e. The molecule has 1 amide bonds. The van der Waals surface area contributed by atoms with Crippen LogP contribution in [0.4, 0.5) is 0 Å². The van der Waals surface area contributed by atoms with E-state index in [1.807, 2.05) is 36.1 Å². The molecule has 0 aliphatic carbocycles. The van der Waals surface area contributed by atoms with Gasteiger partial charge in [-0.05, 0) is 43.9 Å². The van der Waals surface area contributed by atoms with Crippen LogP contribution in [0.5, 0.6) is 0 Å². The van der Waals surface area contributed by atoms with E-state index >= 15 is 0 Å². The van der Waals surface area contributed by atoms with Gasteiger partial charge in [-0.25, -0.2) is 0 Å². The molecule has 1 aromatic rings. The Morgan fingerprint density at radius 2 is 1.85 bits per heavy atom. The Balaban J connectivity index is 0.00000338. The van der Waals surface area contributed by atoms with E-state index in [1.165, 1.54) is 6.42 Å². The van der Waals surface area contributed by atoms with Crippen LogP contribution in [-0.2, 0) is 11.3 Å². The highest BCUT2D eigenvalue weighted by atomic mass is 127. The molecule has 0 atom stereocenters. The topological polar surface area (TPSA) is 66.0 Å². The fourth-order valence-corrected chi connectivity index (χ4v) is 2.84. The molecule has 0 radical (unpaired) electrons. The Kier molecular flexibility index (Phi) is 11.3. The monoisotopic (exact) mass is 474 g/mol. The summed E-state index contributed by atoms with van der Waals surface area (Å²) in [6, 6.07) is 7.83. The quantitative estimate of drug-likeness (QED) is 0.276. The average Bonchev–Trinajstić information content (AvgIpc) is 2.68. The van der Waals surface area contributed by atoms with Crippen molar-refractivity contribution in [2.45, 2.75) is 32.7 Å². The predicted molar refractivity (Wildman–Crippen MR) is 116 cm³/mol. The Bertz CT molecular complexity index is 557. The molecule has 1 heterocycles. The highest BCUT2D eigenvalue weighted by molar-refractivity contribution is 14.0. The van der Waals surface area contributed by atoms with Crippen molar-refractivity contribution in [1.29, 1.82) is 0 Å². The van der Waals surface area contributed by atoms with Crippen molar-refractivity contribution in [3.05, 3.63) is 35.4 Å². The van der Waals surface area contributed by atoms with Gasteiger partial charge in [-0.1, -0.05) is 12.1 Å². The lowest BCUT2D eigenvalue weighted by atomic mass is 10.1. The van der Waals surface area contributed by atoms with Gasteiger partial charge in [0, 0.05) is 45.4 Å². The van der Waals surface area contributed by atoms with Gasteiger partial charge in [0.05, 0.1) is 6.61 Å². The van der Waals surface area contributed by atoms with Crippen molar-refractivity contribution in [3.8, 4) is 0 Å². The summed E-state index contributed by atoms with van der Waals surface area (Å²) in [6.07, 6.45) is 3.46. The first-order valence-corrected chi connectivity index (χ1v) is 9.15. The van der Waals surface area contributed by atoms with E-state index in [9.17, 15) is 4.79 Å². The maximum atomic E-state index is 12.5. The third-order valence-corrected chi connectivity index (χ3v) is 4.27. The molecule has 146 valence electrons. The van der Waals surface area contributed by atoms with E-state index in [4.69, 9.17) is 4.74 Å². The fourth-order valence-electron chi connectivity index (χ4n) is 2.84. The summed E-state index contributed by atoms with van der Waals surface area (Å²) in [6.45, 7) is 6.49. The first kappa shape index (κ1) is 22.7. The molecule has 0 unspecified atom stereocenters. The first-order chi connectivity index (χ1) is 12.2. The van der Waals surface area contributed by atoms with Gasteiger partial charge in [0.15, 0.2) is 5.96 Å². The number of nitrogens with one attached hydrogen (secondary N) is 2. The van der Waals surface area contributed by atoms with Crippen molar-refractivity contribution in [1.82, 2.24) is 15.5 Å². The number of halogens is 1. The zero-order valence-electron chi connectivity index (χ0n) is 15.8. The predicted octanol–water partition coefficient (Wildman–Crippen LogP) is 2.63. The van der Waals surface area contributed by atoms with Crippen molar-refractivity contribution >= 4 is 35.8 Å². The van der Waals surface area contributed by atoms with E-state index in [2.05, 4.69) is 15.6 Å². The lowest BCUT2D eigenvalue weighted by molar-refractivity contribution is 0.0724. The molecule has 1 saturated heterocycles. The normalized spacial score (nSPS) is 14.5. The smallest absolute Gasteiger partial charge is 0.253 e. The minimum absolute atomic E-state index is 0. The van der Waals surface area contributed by atoms with Crippen LogP contribution in [0, 0.1) is 0 Å². The highest BCUT2D eigenvalue weighted by Gasteiger charge is 2.17. The number of benzene rings is 1. The van der Waals surface area contributed by atoms with E-state index in [1.54, 1.807) is 7.05 Å². The van der Waals surface area contributed by atoms with Gasteiger partial charge in [0.25, 0.3) is 5.91 Å². The SMILES string of the molecule is CCOCCNC(=NC)NCc1ccc(C(=O)N2CCCCC2)cc1.I. The van der Waals surface area contributed by atoms with Crippen LogP contribution < -0.4 is 10.6 Å². The molecule has 2 rings (SSSR count). The molecule has 1 aliphatic heterocycles. The number of aliphatic imine (C=N–C) groups is 1. The summed E-state index contributed by atoms with van der Waals surface area (Å²) in [4.78, 5) is 18.6. The standard InChI is InChI=1S/C19H30N4O2.HI/c1-3-25-14-11-21-19(20-2)22-15-16-7-9-17(10-8-16)18(24)23-12-5-4-6-13-23;/h7-10H,3-6,11-15H2,1-2H3,(H2,20,21,22);1H. The molecule has 0 aromatic heterocycles. The molecule has 7 heteroatoms. The van der Waals surface area contributed by atoms with Crippen LogP contribution >= 0.6 is 24.0 Å². The number of carbonyl (C=O) groups is 1. The second-order valence-electron chi connectivity index (χ2n) is 6.10. The Morgan fingerprint density at radius 3 is 2.46 bits per heavy atom. The summed E-state index contributed by atoms with van der Waals surface area (Å²) < 4.78 is 5.30. The largest absolute Gasteiger partial charge is 0.380 e. The molecule has 0 spiro atoms. The van der Waals surface area contributed by atoms with Gasteiger partial charge in [-0.2, -0.15) is 0 Å². The summed E-state index contributed by atoms with van der Waals surface area (Å²) in [5.41, 5.74) is 1.88. The zero-order valence-corrected chi connectivity index (χ0v) is 18.1. The van der Waals surface area contributed by atoms with Gasteiger partial charge in [0.2, 0.25) is 0 Å². The zero-order chi connectivity index (χ0) is 17.9. The van der Waals surface area contributed by atoms with Crippen LogP contribution in [0.2, 0.25) is 0 Å². The number of ether oxygens (including phenoxy) is 1. The van der Waals surface area contributed by atoms with Gasteiger partial charge in [0.1, 0.15) is 0 Å². The number of nitrogens with zero attached hydrogens (tertiary/aromatic N) is 2. The summed E-state index contributed by atoms with van der Waals surface area (Å²) >= 11 is 0. The number of amides is 1. The minimum atomic E-state index is 0. The van der Waals surface area contributed by atoms with Crippen molar-refractivity contribution in [2.24, 2.45) is 4.99 Å². The van der Waals surface area contributed by atoms with Crippen LogP contribution in [-0.4, -0.2) is 56.7 Å². The van der Waals surface area contributed by atoms with Crippen LogP contribution in [0.1, 0.15) is 42.1 Å². The molecule has 0 saturated carbocycles. The Morgan fingerprint density at radius 1 is 1.15 bits per heavy atom. The van der Waals surface area contributed by atoms with E-state index in [0.717, 1.165) is 56.2 Å². The van der Waals surface area contributed by atoms with Crippen LogP contribution in [0.15, 0.2) is 29.3 Å². The van der Waals surface area contributed by atoms with Crippen LogP contribution in [0.3, 0.4) is 0 Å². The maximum Gasteiger partial charge on any atom is 0.253 e. The second-order valence-corrected chi connectivity index (χ2v) is 6.10. The molecule has 1 fully saturated rings. The molecule has 1 aliphatic rings. The van der Waals surface area contributed by atoms with Gasteiger partial charge < -0.3 is 20.3 Å². The number of piperidine rings is 1. The molecular formula is C19H31IN4O2. The summed E-state index contributed by atoms with van der Waals surface area (Å²) in [7, 11) is 1.75. The summed E-state index contributed by atoms with van der Waals surface area (Å²) in [5.74, 6) is 0.890. The number of hydrogen-bond acceptors (Lipinski definition) is 3. The first-order valence-electron chi connectivity index (χ1n) is 9.15. The van der Waals surface area contributed by atoms with Crippen molar-refractivity contribution < 1.29 is 9.53 Å². The number of carbonyl (C=O) groups excluding carboxylic acids is 1. The molecule has 1 aromatic carbocycles. The Labute approximate surface area is 173 Å². The van der Waals surface area contributed by atoms with Gasteiger partial charge in [-0.3, -0.25) is 9.79 Å². The lowest BCUT2D eigenvalue weighted by Crippen LogP contribution is -2.38. The highest BCUT2D eigenvalue weighted by Crippen LogP contribution is 2.13. The van der Waals surface area contributed by atoms with Gasteiger partial charge in [-0.15, -0.1) is 24.0 Å². The molecular weight excluding hydrogens is 443 g/mol. The maximum absolute atomic E-state index is 12.5. The molecule has 26 heavy (non-hydrogen) atoms. The number of hydrogen-bond donors (Lipinski definition) is 2. The molecule has 0 bridgehead atoms. The van der Waals surface area contributed by atoms with Crippen LogP contribution in [0.25, 0.3) is 0 Å². The number of rotatable bonds is 7. The van der Waals surface area contributed by atoms with E-state index < -0.39 is 0 Å². The third kappa shape index (κ3) is 7.49. The Hall–Kier alpha value is -1.35. The van der Waals surface area contributed by atoms with Gasteiger partial charge >= 0.3 is 0 Å². The molecule has 6 nitrogen and oxygen atoms in total. The summed E-state index contributed by atoms with van der Waals surface area (Å²) in [5, 5.41) is 6.46. The second kappa shape index (κ2) is 12.9. The average molecular weight is 474 g/mol. The van der Waals surface area contributed by atoms with E-state index in [-0.39, 0.29) is 29.9 Å². The number of likely N-dealkylation sites (tertiary alicyclic amines) is 1.